The fraction of sp³-hybridized carbons (Fsp3) is 0.556. The van der Waals surface area contributed by atoms with E-state index in [1.807, 2.05) is 19.9 Å². The molecule has 0 aliphatic heterocycles. The Morgan fingerprint density at radius 3 is 2.70 bits per heavy atom. The number of carbonyl (C=O) groups is 1. The van der Waals surface area contributed by atoms with Crippen LogP contribution in [0.2, 0.25) is 0 Å². The summed E-state index contributed by atoms with van der Waals surface area (Å²) < 4.78 is 0. The SMILES string of the molecule is CCNC(=NCc1cccc(C)c1)NCCC(=O)NC(C)CC. The van der Waals surface area contributed by atoms with Crippen molar-refractivity contribution in [2.24, 2.45) is 4.99 Å². The molecule has 0 bridgehead atoms. The number of aliphatic imine (C=N–C) groups is 1. The Morgan fingerprint density at radius 1 is 1.26 bits per heavy atom. The molecule has 0 fully saturated rings. The highest BCUT2D eigenvalue weighted by Crippen LogP contribution is 2.04. The molecule has 0 radical (unpaired) electrons. The molecule has 5 heteroatoms. The van der Waals surface area contributed by atoms with Crippen LogP contribution in [0, 0.1) is 6.92 Å². The number of benzene rings is 1. The number of nitrogens with zero attached hydrogens (tertiary/aromatic N) is 1. The molecule has 1 atom stereocenters. The molecule has 1 aromatic carbocycles. The fourth-order valence-electron chi connectivity index (χ4n) is 2.07. The smallest absolute Gasteiger partial charge is 0.221 e. The third-order valence-corrected chi connectivity index (χ3v) is 3.51. The lowest BCUT2D eigenvalue weighted by atomic mass is 10.1. The fourth-order valence-corrected chi connectivity index (χ4v) is 2.07. The number of rotatable bonds is 8. The molecule has 0 saturated carbocycles. The second kappa shape index (κ2) is 10.6. The van der Waals surface area contributed by atoms with Gasteiger partial charge in [0, 0.05) is 25.6 Å². The van der Waals surface area contributed by atoms with Gasteiger partial charge in [-0.1, -0.05) is 36.8 Å². The Morgan fingerprint density at radius 2 is 2.04 bits per heavy atom. The predicted molar refractivity (Wildman–Crippen MR) is 96.5 cm³/mol. The van der Waals surface area contributed by atoms with Crippen LogP contribution in [0.4, 0.5) is 0 Å². The second-order valence-corrected chi connectivity index (χ2v) is 5.74. The molecule has 128 valence electrons. The molecular formula is C18H30N4O. The van der Waals surface area contributed by atoms with Crippen molar-refractivity contribution in [3.05, 3.63) is 35.4 Å². The van der Waals surface area contributed by atoms with Crippen molar-refractivity contribution in [2.45, 2.75) is 53.1 Å². The lowest BCUT2D eigenvalue weighted by Crippen LogP contribution is -2.40. The lowest BCUT2D eigenvalue weighted by molar-refractivity contribution is -0.121. The topological polar surface area (TPSA) is 65.5 Å². The maximum absolute atomic E-state index is 11.8. The van der Waals surface area contributed by atoms with Crippen LogP contribution in [0.1, 0.15) is 44.7 Å². The molecule has 1 aromatic rings. The number of guanidine groups is 1. The quantitative estimate of drug-likeness (QED) is 0.509. The minimum atomic E-state index is 0.0707. The average Bonchev–Trinajstić information content (AvgIpc) is 2.52. The van der Waals surface area contributed by atoms with Crippen LogP contribution in [0.15, 0.2) is 29.3 Å². The summed E-state index contributed by atoms with van der Waals surface area (Å²) in [5.74, 6) is 0.812. The Kier molecular flexibility index (Phi) is 8.80. The normalized spacial score (nSPS) is 12.6. The standard InChI is InChI=1S/C18H30N4O/c1-5-15(4)22-17(23)10-11-20-18(19-6-2)21-13-16-9-7-8-14(3)12-16/h7-9,12,15H,5-6,10-11,13H2,1-4H3,(H,22,23)(H2,19,20,21). The predicted octanol–water partition coefficient (Wildman–Crippen LogP) is 2.35. The number of hydrogen-bond donors (Lipinski definition) is 3. The van der Waals surface area contributed by atoms with Crippen molar-refractivity contribution in [3.63, 3.8) is 0 Å². The number of hydrogen-bond acceptors (Lipinski definition) is 2. The van der Waals surface area contributed by atoms with Gasteiger partial charge < -0.3 is 16.0 Å². The van der Waals surface area contributed by atoms with Gasteiger partial charge in [0.15, 0.2) is 5.96 Å². The average molecular weight is 318 g/mol. The Hall–Kier alpha value is -2.04. The van der Waals surface area contributed by atoms with E-state index in [2.05, 4.69) is 53.0 Å². The summed E-state index contributed by atoms with van der Waals surface area (Å²) in [6.45, 7) is 10.2. The first kappa shape index (κ1) is 19.0. The van der Waals surface area contributed by atoms with Crippen LogP contribution in [0.5, 0.6) is 0 Å². The maximum atomic E-state index is 11.8. The van der Waals surface area contributed by atoms with Gasteiger partial charge in [-0.2, -0.15) is 0 Å². The van der Waals surface area contributed by atoms with Crippen LogP contribution in [-0.2, 0) is 11.3 Å². The molecule has 23 heavy (non-hydrogen) atoms. The molecular weight excluding hydrogens is 288 g/mol. The van der Waals surface area contributed by atoms with Crippen molar-refractivity contribution in [2.75, 3.05) is 13.1 Å². The van der Waals surface area contributed by atoms with Gasteiger partial charge in [0.2, 0.25) is 5.91 Å². The van der Waals surface area contributed by atoms with Gasteiger partial charge in [-0.05, 0) is 32.8 Å². The van der Waals surface area contributed by atoms with Gasteiger partial charge in [-0.15, -0.1) is 0 Å². The maximum Gasteiger partial charge on any atom is 0.221 e. The largest absolute Gasteiger partial charge is 0.357 e. The number of carbonyl (C=O) groups excluding carboxylic acids is 1. The number of aryl methyl sites for hydroxylation is 1. The molecule has 0 spiro atoms. The van der Waals surface area contributed by atoms with Gasteiger partial charge in [0.05, 0.1) is 6.54 Å². The first-order valence-corrected chi connectivity index (χ1v) is 8.42. The Balaban J connectivity index is 2.45. The minimum Gasteiger partial charge on any atom is -0.357 e. The van der Waals surface area contributed by atoms with E-state index in [0.717, 1.165) is 18.9 Å². The summed E-state index contributed by atoms with van der Waals surface area (Å²) in [5.41, 5.74) is 2.41. The van der Waals surface area contributed by atoms with Gasteiger partial charge in [0.25, 0.3) is 0 Å². The van der Waals surface area contributed by atoms with E-state index in [-0.39, 0.29) is 11.9 Å². The van der Waals surface area contributed by atoms with E-state index in [0.29, 0.717) is 19.5 Å². The van der Waals surface area contributed by atoms with Crippen LogP contribution >= 0.6 is 0 Å². The Bertz CT molecular complexity index is 513. The van der Waals surface area contributed by atoms with Gasteiger partial charge in [-0.25, -0.2) is 4.99 Å². The van der Waals surface area contributed by atoms with E-state index in [9.17, 15) is 4.79 Å². The summed E-state index contributed by atoms with van der Waals surface area (Å²) in [6, 6.07) is 8.55. The first-order valence-electron chi connectivity index (χ1n) is 8.42. The zero-order valence-electron chi connectivity index (χ0n) is 14.8. The van der Waals surface area contributed by atoms with E-state index in [1.165, 1.54) is 11.1 Å². The molecule has 1 rings (SSSR count). The van der Waals surface area contributed by atoms with Crippen molar-refractivity contribution in [1.82, 2.24) is 16.0 Å². The second-order valence-electron chi connectivity index (χ2n) is 5.74. The van der Waals surface area contributed by atoms with E-state index < -0.39 is 0 Å². The highest BCUT2D eigenvalue weighted by molar-refractivity contribution is 5.81. The summed E-state index contributed by atoms with van der Waals surface area (Å²) in [4.78, 5) is 16.3. The van der Waals surface area contributed by atoms with Crippen molar-refractivity contribution in [3.8, 4) is 0 Å². The number of nitrogens with one attached hydrogen (secondary N) is 3. The zero-order chi connectivity index (χ0) is 17.1. The van der Waals surface area contributed by atoms with Crippen LogP contribution in [0.25, 0.3) is 0 Å². The monoisotopic (exact) mass is 318 g/mol. The Labute approximate surface area is 140 Å². The van der Waals surface area contributed by atoms with E-state index in [1.54, 1.807) is 0 Å². The van der Waals surface area contributed by atoms with Crippen molar-refractivity contribution >= 4 is 11.9 Å². The third kappa shape index (κ3) is 8.24. The van der Waals surface area contributed by atoms with Crippen LogP contribution in [-0.4, -0.2) is 31.0 Å². The molecule has 1 unspecified atom stereocenters. The highest BCUT2D eigenvalue weighted by atomic mass is 16.1. The van der Waals surface area contributed by atoms with Gasteiger partial charge in [-0.3, -0.25) is 4.79 Å². The molecule has 0 aromatic heterocycles. The highest BCUT2D eigenvalue weighted by Gasteiger charge is 2.05. The molecule has 5 nitrogen and oxygen atoms in total. The van der Waals surface area contributed by atoms with E-state index >= 15 is 0 Å². The lowest BCUT2D eigenvalue weighted by Gasteiger charge is -2.13. The summed E-state index contributed by atoms with van der Waals surface area (Å²) in [7, 11) is 0. The molecule has 1 amide bonds. The van der Waals surface area contributed by atoms with Crippen molar-refractivity contribution < 1.29 is 4.79 Å². The summed E-state index contributed by atoms with van der Waals surface area (Å²) in [6.07, 6.45) is 1.39. The molecule has 0 saturated heterocycles. The first-order chi connectivity index (χ1) is 11.0. The van der Waals surface area contributed by atoms with E-state index in [4.69, 9.17) is 0 Å². The third-order valence-electron chi connectivity index (χ3n) is 3.51. The van der Waals surface area contributed by atoms with Gasteiger partial charge in [0.1, 0.15) is 0 Å². The molecule has 0 heterocycles. The summed E-state index contributed by atoms with van der Waals surface area (Å²) >= 11 is 0. The van der Waals surface area contributed by atoms with Crippen LogP contribution < -0.4 is 16.0 Å². The zero-order valence-corrected chi connectivity index (χ0v) is 14.8. The minimum absolute atomic E-state index is 0.0707. The number of amides is 1. The van der Waals surface area contributed by atoms with Crippen LogP contribution in [0.3, 0.4) is 0 Å². The molecule has 3 N–H and O–H groups in total. The molecule has 0 aliphatic carbocycles. The van der Waals surface area contributed by atoms with Gasteiger partial charge >= 0.3 is 0 Å². The van der Waals surface area contributed by atoms with Crippen molar-refractivity contribution in [1.29, 1.82) is 0 Å². The molecule has 0 aliphatic rings. The summed E-state index contributed by atoms with van der Waals surface area (Å²) in [5, 5.41) is 9.37.